The first-order valence-corrected chi connectivity index (χ1v) is 9.45. The lowest BCUT2D eigenvalue weighted by molar-refractivity contribution is 0.479. The van der Waals surface area contributed by atoms with Crippen LogP contribution < -0.4 is 10.6 Å². The van der Waals surface area contributed by atoms with Gasteiger partial charge in [0.2, 0.25) is 0 Å². The Bertz CT molecular complexity index is 1120. The standard InChI is InChI=1S/C20H23N7/c1-13-8-15(12-26-11-14(2)23-19(13)26)17-10-22-27-7-5-18(25-20(17)27)24-16-4-3-6-21-9-16/h5,7-8,10-12,16,21H,3-4,6,9H2,1-2H3,(H,24,25). The van der Waals surface area contributed by atoms with Gasteiger partial charge in [-0.2, -0.15) is 5.10 Å². The van der Waals surface area contributed by atoms with E-state index >= 15 is 0 Å². The summed E-state index contributed by atoms with van der Waals surface area (Å²) in [5, 5.41) is 11.5. The molecule has 2 N–H and O–H groups in total. The monoisotopic (exact) mass is 361 g/mol. The number of hydrogen-bond donors (Lipinski definition) is 2. The fraction of sp³-hybridized carbons (Fsp3) is 0.350. The Morgan fingerprint density at radius 3 is 2.96 bits per heavy atom. The maximum atomic E-state index is 4.86. The lowest BCUT2D eigenvalue weighted by Gasteiger charge is -2.24. The van der Waals surface area contributed by atoms with Crippen molar-refractivity contribution in [2.75, 3.05) is 18.4 Å². The van der Waals surface area contributed by atoms with E-state index in [4.69, 9.17) is 4.98 Å². The van der Waals surface area contributed by atoms with Crippen LogP contribution in [0.15, 0.2) is 36.9 Å². The van der Waals surface area contributed by atoms with Crippen LogP contribution >= 0.6 is 0 Å². The van der Waals surface area contributed by atoms with Crippen molar-refractivity contribution in [3.63, 3.8) is 0 Å². The second-order valence-electron chi connectivity index (χ2n) is 7.35. The highest BCUT2D eigenvalue weighted by Gasteiger charge is 2.15. The molecule has 1 unspecified atom stereocenters. The van der Waals surface area contributed by atoms with Crippen LogP contribution in [0.5, 0.6) is 0 Å². The smallest absolute Gasteiger partial charge is 0.165 e. The molecule has 27 heavy (non-hydrogen) atoms. The topological polar surface area (TPSA) is 71.6 Å². The molecule has 1 atom stereocenters. The van der Waals surface area contributed by atoms with E-state index in [1.54, 1.807) is 0 Å². The van der Waals surface area contributed by atoms with Crippen LogP contribution in [0.3, 0.4) is 0 Å². The number of fused-ring (bicyclic) bond motifs is 2. The molecule has 0 amide bonds. The van der Waals surface area contributed by atoms with E-state index in [1.807, 2.05) is 36.1 Å². The van der Waals surface area contributed by atoms with Crippen molar-refractivity contribution in [3.8, 4) is 11.1 Å². The van der Waals surface area contributed by atoms with Crippen molar-refractivity contribution >= 4 is 17.1 Å². The predicted octanol–water partition coefficient (Wildman–Crippen LogP) is 2.82. The van der Waals surface area contributed by atoms with Gasteiger partial charge in [-0.25, -0.2) is 14.5 Å². The summed E-state index contributed by atoms with van der Waals surface area (Å²) in [7, 11) is 0. The minimum absolute atomic E-state index is 0.424. The van der Waals surface area contributed by atoms with Crippen LogP contribution in [-0.2, 0) is 0 Å². The number of nitrogens with one attached hydrogen (secondary N) is 2. The number of imidazole rings is 1. The molecule has 5 heterocycles. The molecule has 5 rings (SSSR count). The highest BCUT2D eigenvalue weighted by Crippen LogP contribution is 2.26. The third-order valence-corrected chi connectivity index (χ3v) is 5.18. The van der Waals surface area contributed by atoms with E-state index in [2.05, 4.69) is 44.3 Å². The molecule has 1 aliphatic heterocycles. The minimum Gasteiger partial charge on any atom is -0.366 e. The molecule has 0 spiro atoms. The van der Waals surface area contributed by atoms with Crippen LogP contribution in [0.25, 0.3) is 22.4 Å². The molecule has 0 saturated carbocycles. The summed E-state index contributed by atoms with van der Waals surface area (Å²) in [4.78, 5) is 9.44. The molecule has 4 aromatic heterocycles. The van der Waals surface area contributed by atoms with Gasteiger partial charge in [0.1, 0.15) is 11.5 Å². The number of pyridine rings is 1. The van der Waals surface area contributed by atoms with E-state index in [-0.39, 0.29) is 0 Å². The number of rotatable bonds is 3. The summed E-state index contributed by atoms with van der Waals surface area (Å²) in [5.41, 5.74) is 6.13. The largest absolute Gasteiger partial charge is 0.366 e. The zero-order valence-corrected chi connectivity index (χ0v) is 15.6. The zero-order valence-electron chi connectivity index (χ0n) is 15.6. The summed E-state index contributed by atoms with van der Waals surface area (Å²) in [6.07, 6.45) is 10.4. The molecule has 0 aliphatic carbocycles. The van der Waals surface area contributed by atoms with Crippen molar-refractivity contribution in [1.29, 1.82) is 0 Å². The molecule has 1 fully saturated rings. The van der Waals surface area contributed by atoms with Crippen molar-refractivity contribution in [2.24, 2.45) is 0 Å². The quantitative estimate of drug-likeness (QED) is 0.587. The average Bonchev–Trinajstić information content (AvgIpc) is 3.25. The molecule has 1 saturated heterocycles. The van der Waals surface area contributed by atoms with Crippen LogP contribution in [-0.4, -0.2) is 43.1 Å². The van der Waals surface area contributed by atoms with Gasteiger partial charge in [0, 0.05) is 42.3 Å². The molecule has 1 aliphatic rings. The first kappa shape index (κ1) is 16.3. The summed E-state index contributed by atoms with van der Waals surface area (Å²) < 4.78 is 3.91. The fourth-order valence-electron chi connectivity index (χ4n) is 3.88. The Labute approximate surface area is 157 Å². The van der Waals surface area contributed by atoms with E-state index in [1.165, 1.54) is 12.8 Å². The van der Waals surface area contributed by atoms with Crippen LogP contribution in [0.4, 0.5) is 5.82 Å². The molecule has 0 radical (unpaired) electrons. The summed E-state index contributed by atoms with van der Waals surface area (Å²) in [6.45, 7) is 6.19. The van der Waals surface area contributed by atoms with Gasteiger partial charge in [0.15, 0.2) is 5.65 Å². The number of aromatic nitrogens is 5. The first-order valence-electron chi connectivity index (χ1n) is 9.45. The Hall–Kier alpha value is -2.93. The average molecular weight is 361 g/mol. The van der Waals surface area contributed by atoms with Crippen molar-refractivity contribution in [3.05, 3.63) is 48.2 Å². The number of piperidine rings is 1. The summed E-state index contributed by atoms with van der Waals surface area (Å²) >= 11 is 0. The molecule has 7 heteroatoms. The maximum Gasteiger partial charge on any atom is 0.165 e. The second-order valence-corrected chi connectivity index (χ2v) is 7.35. The van der Waals surface area contributed by atoms with E-state index in [0.717, 1.165) is 52.6 Å². The van der Waals surface area contributed by atoms with Crippen LogP contribution in [0, 0.1) is 13.8 Å². The maximum absolute atomic E-state index is 4.86. The summed E-state index contributed by atoms with van der Waals surface area (Å²) in [6, 6.07) is 4.57. The molecule has 7 nitrogen and oxygen atoms in total. The van der Waals surface area contributed by atoms with Gasteiger partial charge >= 0.3 is 0 Å². The van der Waals surface area contributed by atoms with Crippen molar-refractivity contribution in [2.45, 2.75) is 32.7 Å². The van der Waals surface area contributed by atoms with Gasteiger partial charge in [-0.15, -0.1) is 0 Å². The number of aryl methyl sites for hydroxylation is 2. The Balaban J connectivity index is 1.55. The second kappa shape index (κ2) is 6.35. The van der Waals surface area contributed by atoms with Gasteiger partial charge in [-0.1, -0.05) is 0 Å². The van der Waals surface area contributed by atoms with Crippen molar-refractivity contribution < 1.29 is 0 Å². The zero-order chi connectivity index (χ0) is 18.4. The lowest BCUT2D eigenvalue weighted by atomic mass is 10.1. The molecular formula is C20H23N7. The third kappa shape index (κ3) is 2.94. The lowest BCUT2D eigenvalue weighted by Crippen LogP contribution is -2.38. The molecular weight excluding hydrogens is 338 g/mol. The highest BCUT2D eigenvalue weighted by atomic mass is 15.3. The number of anilines is 1. The fourth-order valence-corrected chi connectivity index (χ4v) is 3.88. The summed E-state index contributed by atoms with van der Waals surface area (Å²) in [5.74, 6) is 0.897. The Kier molecular flexibility index (Phi) is 3.82. The van der Waals surface area contributed by atoms with Crippen molar-refractivity contribution in [1.82, 2.24) is 29.3 Å². The van der Waals surface area contributed by atoms with E-state index < -0.39 is 0 Å². The van der Waals surface area contributed by atoms with E-state index in [0.29, 0.717) is 6.04 Å². The molecule has 4 aromatic rings. The van der Waals surface area contributed by atoms with Crippen LogP contribution in [0.2, 0.25) is 0 Å². The van der Waals surface area contributed by atoms with E-state index in [9.17, 15) is 0 Å². The van der Waals surface area contributed by atoms with Gasteiger partial charge in [0.25, 0.3) is 0 Å². The van der Waals surface area contributed by atoms with Gasteiger partial charge in [-0.05, 0) is 50.9 Å². The third-order valence-electron chi connectivity index (χ3n) is 5.18. The molecule has 0 bridgehead atoms. The molecule has 138 valence electrons. The SMILES string of the molecule is Cc1cn2cc(-c3cnn4ccc(NC5CCCNC5)nc34)cc(C)c2n1. The Morgan fingerprint density at radius 1 is 1.19 bits per heavy atom. The molecule has 0 aromatic carbocycles. The normalized spacial score (nSPS) is 17.6. The van der Waals surface area contributed by atoms with Gasteiger partial charge in [0.05, 0.1) is 11.9 Å². The van der Waals surface area contributed by atoms with Gasteiger partial charge in [-0.3, -0.25) is 0 Å². The number of hydrogen-bond acceptors (Lipinski definition) is 5. The first-order chi connectivity index (χ1) is 13.2. The Morgan fingerprint density at radius 2 is 2.11 bits per heavy atom. The predicted molar refractivity (Wildman–Crippen MR) is 106 cm³/mol. The van der Waals surface area contributed by atoms with Crippen LogP contribution in [0.1, 0.15) is 24.1 Å². The number of nitrogens with zero attached hydrogens (tertiary/aromatic N) is 5. The van der Waals surface area contributed by atoms with Gasteiger partial charge < -0.3 is 15.0 Å². The minimum atomic E-state index is 0.424. The highest BCUT2D eigenvalue weighted by molar-refractivity contribution is 5.78.